The summed E-state index contributed by atoms with van der Waals surface area (Å²) in [5, 5.41) is 0. The number of ether oxygens (including phenoxy) is 1. The summed E-state index contributed by atoms with van der Waals surface area (Å²) in [6.07, 6.45) is 0. The molecule has 0 atom stereocenters. The van der Waals surface area contributed by atoms with Gasteiger partial charge in [0.15, 0.2) is 0 Å². The van der Waals surface area contributed by atoms with Crippen molar-refractivity contribution in [1.82, 2.24) is 0 Å². The summed E-state index contributed by atoms with van der Waals surface area (Å²) in [7, 11) is -2.25. The smallest absolute Gasteiger partial charge is 0.340 e. The van der Waals surface area contributed by atoms with E-state index >= 15 is 0 Å². The summed E-state index contributed by atoms with van der Waals surface area (Å²) >= 11 is 2.02. The quantitative estimate of drug-likeness (QED) is 0.440. The van der Waals surface area contributed by atoms with Gasteiger partial charge in [-0.25, -0.2) is 26.3 Å². The molecule has 2 aromatic carbocycles. The Bertz CT molecular complexity index is 816. The molecule has 2 rings (SSSR count). The second kappa shape index (κ2) is 7.21. The number of nitrogens with zero attached hydrogens (tertiary/aromatic N) is 1. The lowest BCUT2D eigenvalue weighted by atomic mass is 10.1. The minimum Gasteiger partial charge on any atom is -0.465 e. The molecule has 9 heteroatoms. The molecular weight excluding hydrogens is 443 g/mol. The van der Waals surface area contributed by atoms with Crippen LogP contribution in [0, 0.1) is 15.2 Å². The van der Waals surface area contributed by atoms with E-state index < -0.39 is 39.7 Å². The first-order chi connectivity index (χ1) is 10.8. The van der Waals surface area contributed by atoms with Gasteiger partial charge in [-0.3, -0.25) is 0 Å². The minimum absolute atomic E-state index is 0.144. The van der Waals surface area contributed by atoms with Crippen molar-refractivity contribution in [2.75, 3.05) is 11.4 Å². The number of rotatable bonds is 4. The molecule has 0 aliphatic carbocycles. The van der Waals surface area contributed by atoms with Crippen molar-refractivity contribution in [3.63, 3.8) is 0 Å². The average molecular weight is 453 g/mol. The van der Waals surface area contributed by atoms with Gasteiger partial charge in [0, 0.05) is 9.64 Å². The Hall–Kier alpha value is -1.75. The zero-order valence-corrected chi connectivity index (χ0v) is 14.7. The van der Waals surface area contributed by atoms with Gasteiger partial charge in [0.1, 0.15) is 11.6 Å². The molecule has 0 bridgehead atoms. The molecule has 23 heavy (non-hydrogen) atoms. The zero-order chi connectivity index (χ0) is 17.1. The lowest BCUT2D eigenvalue weighted by molar-refractivity contribution is 0.0595. The number of hydrogen-bond donors (Lipinski definition) is 1. The van der Waals surface area contributed by atoms with Gasteiger partial charge in [-0.1, -0.05) is 0 Å². The molecule has 0 saturated carbocycles. The molecule has 0 unspecified atom stereocenters. The first-order valence-corrected chi connectivity index (χ1v) is 8.33. The van der Waals surface area contributed by atoms with Gasteiger partial charge in [-0.2, -0.15) is 0 Å². The van der Waals surface area contributed by atoms with Crippen molar-refractivity contribution < 1.29 is 26.7 Å². The largest absolute Gasteiger partial charge is 0.465 e. The van der Waals surface area contributed by atoms with Gasteiger partial charge in [0.2, 0.25) is 10.9 Å². The standard InChI is InChI=1S/C14H10F2INO4S/c1-22-14(19)10-6-12(16)13(7-11(10)15)18(23(20)21)9-4-2-8(17)3-5-9/h2-7,23H,1H3. The van der Waals surface area contributed by atoms with Crippen molar-refractivity contribution >= 4 is 50.8 Å². The van der Waals surface area contributed by atoms with Crippen LogP contribution >= 0.6 is 22.6 Å². The number of benzene rings is 2. The summed E-state index contributed by atoms with van der Waals surface area (Å²) in [6.45, 7) is 0. The summed E-state index contributed by atoms with van der Waals surface area (Å²) in [5.74, 6) is -3.20. The van der Waals surface area contributed by atoms with E-state index in [1.165, 1.54) is 12.1 Å². The highest BCUT2D eigenvalue weighted by Gasteiger charge is 2.22. The Morgan fingerprint density at radius 3 is 2.26 bits per heavy atom. The maximum atomic E-state index is 14.2. The Morgan fingerprint density at radius 2 is 1.74 bits per heavy atom. The van der Waals surface area contributed by atoms with Crippen LogP contribution in [0.25, 0.3) is 0 Å². The van der Waals surface area contributed by atoms with E-state index in [-0.39, 0.29) is 5.69 Å². The maximum absolute atomic E-state index is 14.2. The zero-order valence-electron chi connectivity index (χ0n) is 11.6. The van der Waals surface area contributed by atoms with Crippen molar-refractivity contribution in [2.45, 2.75) is 0 Å². The van der Waals surface area contributed by atoms with Crippen LogP contribution in [-0.4, -0.2) is 21.5 Å². The minimum atomic E-state index is -3.28. The first kappa shape index (κ1) is 17.6. The Labute approximate surface area is 146 Å². The molecule has 0 fully saturated rings. The summed E-state index contributed by atoms with van der Waals surface area (Å²) in [4.78, 5) is 11.3. The molecule has 122 valence electrons. The van der Waals surface area contributed by atoms with Crippen LogP contribution in [0.2, 0.25) is 0 Å². The number of carbonyl (C=O) groups is 1. The molecule has 0 aromatic heterocycles. The van der Waals surface area contributed by atoms with Crippen LogP contribution in [0.3, 0.4) is 0 Å². The number of halogens is 3. The van der Waals surface area contributed by atoms with Crippen LogP contribution in [0.5, 0.6) is 0 Å². The van der Waals surface area contributed by atoms with Crippen LogP contribution in [0.1, 0.15) is 10.4 Å². The average Bonchev–Trinajstić information content (AvgIpc) is 2.51. The SMILES string of the molecule is COC(=O)c1cc(F)c(N(c2ccc(I)cc2)[SH](=O)=O)cc1F. The molecule has 0 radical (unpaired) electrons. The monoisotopic (exact) mass is 453 g/mol. The fraction of sp³-hybridized carbons (Fsp3) is 0.0714. The Kier molecular flexibility index (Phi) is 5.52. The maximum Gasteiger partial charge on any atom is 0.340 e. The predicted molar refractivity (Wildman–Crippen MR) is 89.3 cm³/mol. The first-order valence-electron chi connectivity index (χ1n) is 6.12. The third kappa shape index (κ3) is 3.78. The van der Waals surface area contributed by atoms with E-state index in [0.29, 0.717) is 16.4 Å². The number of thiol groups is 1. The number of esters is 1. The third-order valence-electron chi connectivity index (χ3n) is 2.90. The molecule has 5 nitrogen and oxygen atoms in total. The molecule has 0 aliphatic rings. The second-order valence-corrected chi connectivity index (χ2v) is 6.42. The van der Waals surface area contributed by atoms with E-state index in [0.717, 1.165) is 10.7 Å². The summed E-state index contributed by atoms with van der Waals surface area (Å²) in [6, 6.07) is 7.41. The summed E-state index contributed by atoms with van der Waals surface area (Å²) < 4.78 is 57.0. The fourth-order valence-electron chi connectivity index (χ4n) is 1.87. The molecule has 0 heterocycles. The fourth-order valence-corrected chi connectivity index (χ4v) is 2.88. The van der Waals surface area contributed by atoms with E-state index in [1.807, 2.05) is 22.6 Å². The highest BCUT2D eigenvalue weighted by atomic mass is 127. The number of carbonyl (C=O) groups excluding carboxylic acids is 1. The van der Waals surface area contributed by atoms with Crippen molar-refractivity contribution in [1.29, 1.82) is 0 Å². The highest BCUT2D eigenvalue weighted by molar-refractivity contribution is 14.1. The topological polar surface area (TPSA) is 63.7 Å². The van der Waals surface area contributed by atoms with Crippen molar-refractivity contribution in [2.24, 2.45) is 0 Å². The van der Waals surface area contributed by atoms with Crippen molar-refractivity contribution in [3.05, 3.63) is 57.2 Å². The predicted octanol–water partition coefficient (Wildman–Crippen LogP) is 3.02. The number of anilines is 2. The molecule has 0 aliphatic heterocycles. The Balaban J connectivity index is 2.59. The number of hydrogen-bond acceptors (Lipinski definition) is 4. The van der Waals surface area contributed by atoms with Gasteiger partial charge < -0.3 is 4.74 Å². The second-order valence-electron chi connectivity index (χ2n) is 4.30. The normalized spacial score (nSPS) is 10.7. The van der Waals surface area contributed by atoms with Gasteiger partial charge in [-0.15, -0.1) is 0 Å². The van der Waals surface area contributed by atoms with Crippen molar-refractivity contribution in [3.8, 4) is 0 Å². The van der Waals surface area contributed by atoms with Gasteiger partial charge >= 0.3 is 5.97 Å². The van der Waals surface area contributed by atoms with E-state index in [9.17, 15) is 22.0 Å². The molecule has 0 saturated heterocycles. The van der Waals surface area contributed by atoms with E-state index in [1.54, 1.807) is 12.1 Å². The van der Waals surface area contributed by atoms with Gasteiger partial charge in [-0.05, 0) is 52.9 Å². The molecule has 0 spiro atoms. The molecular formula is C14H10F2INO4S. The number of methoxy groups -OCH3 is 1. The van der Waals surface area contributed by atoms with Crippen LogP contribution in [0.4, 0.5) is 20.2 Å². The molecule has 0 N–H and O–H groups in total. The Morgan fingerprint density at radius 1 is 1.13 bits per heavy atom. The molecule has 0 amide bonds. The van der Waals surface area contributed by atoms with Gasteiger partial charge in [0.25, 0.3) is 0 Å². The van der Waals surface area contributed by atoms with Crippen LogP contribution in [0.15, 0.2) is 36.4 Å². The van der Waals surface area contributed by atoms with E-state index in [2.05, 4.69) is 4.74 Å². The van der Waals surface area contributed by atoms with Crippen LogP contribution in [-0.2, 0) is 15.6 Å². The third-order valence-corrected chi connectivity index (χ3v) is 4.40. The summed E-state index contributed by atoms with van der Waals surface area (Å²) in [5.41, 5.74) is -0.990. The molecule has 2 aromatic rings. The van der Waals surface area contributed by atoms with Gasteiger partial charge in [0.05, 0.1) is 24.0 Å². The van der Waals surface area contributed by atoms with E-state index in [4.69, 9.17) is 0 Å². The lowest BCUT2D eigenvalue weighted by Crippen LogP contribution is -2.17. The van der Waals surface area contributed by atoms with Crippen LogP contribution < -0.4 is 4.31 Å². The lowest BCUT2D eigenvalue weighted by Gasteiger charge is -2.19. The highest BCUT2D eigenvalue weighted by Crippen LogP contribution is 2.30.